The third-order valence-electron chi connectivity index (χ3n) is 3.67. The predicted molar refractivity (Wildman–Crippen MR) is 77.5 cm³/mol. The van der Waals surface area contributed by atoms with Gasteiger partial charge in [-0.15, -0.1) is 0 Å². The van der Waals surface area contributed by atoms with Gasteiger partial charge in [0.15, 0.2) is 16.3 Å². The second-order valence-corrected chi connectivity index (χ2v) is 6.16. The lowest BCUT2D eigenvalue weighted by Crippen LogP contribution is -2.06. The Balaban J connectivity index is 2.01. The number of fused-ring (bicyclic) bond motifs is 1. The lowest BCUT2D eigenvalue weighted by Gasteiger charge is -2.06. The van der Waals surface area contributed by atoms with Crippen LogP contribution in [-0.2, 0) is 11.3 Å². The van der Waals surface area contributed by atoms with Gasteiger partial charge in [0.05, 0.1) is 12.9 Å². The van der Waals surface area contributed by atoms with Crippen molar-refractivity contribution in [2.75, 3.05) is 12.9 Å². The maximum atomic E-state index is 10.8. The van der Waals surface area contributed by atoms with E-state index >= 15 is 0 Å². The van der Waals surface area contributed by atoms with E-state index in [1.807, 2.05) is 4.57 Å². The molecule has 2 heterocycles. The van der Waals surface area contributed by atoms with Crippen molar-refractivity contribution < 1.29 is 14.6 Å². The normalized spacial score (nSPS) is 20.7. The summed E-state index contributed by atoms with van der Waals surface area (Å²) in [5.41, 5.74) is 1.29. The van der Waals surface area contributed by atoms with E-state index in [0.717, 1.165) is 6.54 Å². The summed E-state index contributed by atoms with van der Waals surface area (Å²) < 4.78 is 7.20. The number of nitrogens with zero attached hydrogens (tertiary/aromatic N) is 4. The summed E-state index contributed by atoms with van der Waals surface area (Å²) in [5, 5.41) is 9.52. The Morgan fingerprint density at radius 3 is 2.95 bits per heavy atom. The molecule has 0 aliphatic heterocycles. The van der Waals surface area contributed by atoms with Crippen molar-refractivity contribution in [1.29, 1.82) is 0 Å². The summed E-state index contributed by atoms with van der Waals surface area (Å²) >= 11 is 1.20. The van der Waals surface area contributed by atoms with Gasteiger partial charge in [0, 0.05) is 6.54 Å². The van der Waals surface area contributed by atoms with E-state index in [-0.39, 0.29) is 5.75 Å². The average Bonchev–Trinajstić information content (AvgIpc) is 3.04. The molecular formula is C13H16N4O3S. The molecule has 7 nitrogen and oxygen atoms in total. The molecule has 1 aliphatic carbocycles. The standard InChI is InChI=1S/C13H16N4O3S/c1-7-3-8(7)4-17-11-10(12(20-2)15-6-14-11)16-13(17)21-5-9(18)19/h6-8H,3-5H2,1-2H3,(H,18,19). The summed E-state index contributed by atoms with van der Waals surface area (Å²) in [5.74, 6) is 0.825. The number of aromatic nitrogens is 4. The van der Waals surface area contributed by atoms with E-state index in [9.17, 15) is 4.79 Å². The topological polar surface area (TPSA) is 90.1 Å². The van der Waals surface area contributed by atoms with Gasteiger partial charge in [-0.2, -0.15) is 4.98 Å². The van der Waals surface area contributed by atoms with Gasteiger partial charge < -0.3 is 14.4 Å². The number of methoxy groups -OCH3 is 1. The Morgan fingerprint density at radius 2 is 2.33 bits per heavy atom. The van der Waals surface area contributed by atoms with Crippen molar-refractivity contribution in [3.05, 3.63) is 6.33 Å². The fourth-order valence-corrected chi connectivity index (χ4v) is 3.06. The number of rotatable bonds is 6. The Bertz CT molecular complexity index is 687. The van der Waals surface area contributed by atoms with E-state index < -0.39 is 5.97 Å². The zero-order valence-electron chi connectivity index (χ0n) is 11.8. The monoisotopic (exact) mass is 308 g/mol. The molecule has 8 heteroatoms. The molecular weight excluding hydrogens is 292 g/mol. The van der Waals surface area contributed by atoms with Crippen LogP contribution in [0.2, 0.25) is 0 Å². The molecule has 1 aliphatic rings. The quantitative estimate of drug-likeness (QED) is 0.812. The van der Waals surface area contributed by atoms with Crippen LogP contribution in [0.3, 0.4) is 0 Å². The highest BCUT2D eigenvalue weighted by molar-refractivity contribution is 7.99. The molecule has 0 amide bonds. The molecule has 0 saturated heterocycles. The lowest BCUT2D eigenvalue weighted by atomic mass is 10.3. The van der Waals surface area contributed by atoms with E-state index in [2.05, 4.69) is 21.9 Å². The fraction of sp³-hybridized carbons (Fsp3) is 0.538. The van der Waals surface area contributed by atoms with Crippen molar-refractivity contribution in [2.45, 2.75) is 25.0 Å². The van der Waals surface area contributed by atoms with Gasteiger partial charge in [-0.25, -0.2) is 9.97 Å². The van der Waals surface area contributed by atoms with Crippen LogP contribution in [0, 0.1) is 11.8 Å². The fourth-order valence-electron chi connectivity index (χ4n) is 2.33. The van der Waals surface area contributed by atoms with Crippen LogP contribution in [0.4, 0.5) is 0 Å². The zero-order valence-corrected chi connectivity index (χ0v) is 12.6. The highest BCUT2D eigenvalue weighted by Gasteiger charge is 2.34. The number of ether oxygens (including phenoxy) is 1. The summed E-state index contributed by atoms with van der Waals surface area (Å²) in [6, 6.07) is 0. The Morgan fingerprint density at radius 1 is 1.57 bits per heavy atom. The van der Waals surface area contributed by atoms with Crippen LogP contribution < -0.4 is 4.74 Å². The molecule has 1 fully saturated rings. The number of carboxylic acids is 1. The van der Waals surface area contributed by atoms with Crippen molar-refractivity contribution >= 4 is 28.9 Å². The highest BCUT2D eigenvalue weighted by Crippen LogP contribution is 2.40. The number of aliphatic carboxylic acids is 1. The van der Waals surface area contributed by atoms with E-state index in [4.69, 9.17) is 9.84 Å². The molecule has 0 spiro atoms. The SMILES string of the molecule is COc1ncnc2c1nc(SCC(=O)O)n2CC1CC1C. The van der Waals surface area contributed by atoms with E-state index in [1.54, 1.807) is 0 Å². The Hall–Kier alpha value is -1.83. The average molecular weight is 308 g/mol. The molecule has 2 aromatic rings. The lowest BCUT2D eigenvalue weighted by molar-refractivity contribution is -0.133. The first-order chi connectivity index (χ1) is 10.1. The van der Waals surface area contributed by atoms with Crippen molar-refractivity contribution in [3.8, 4) is 5.88 Å². The van der Waals surface area contributed by atoms with Gasteiger partial charge in [-0.3, -0.25) is 4.79 Å². The molecule has 2 aromatic heterocycles. The second-order valence-electron chi connectivity index (χ2n) is 5.22. The minimum Gasteiger partial charge on any atom is -0.481 e. The van der Waals surface area contributed by atoms with Crippen molar-refractivity contribution in [3.63, 3.8) is 0 Å². The van der Waals surface area contributed by atoms with Gasteiger partial charge in [0.1, 0.15) is 6.33 Å². The summed E-state index contributed by atoms with van der Waals surface area (Å²) in [6.45, 7) is 3.02. The second kappa shape index (κ2) is 5.51. The van der Waals surface area contributed by atoms with Gasteiger partial charge in [0.2, 0.25) is 5.88 Å². The molecule has 3 rings (SSSR count). The third-order valence-corrected chi connectivity index (χ3v) is 4.64. The molecule has 0 aromatic carbocycles. The molecule has 0 radical (unpaired) electrons. The first-order valence-electron chi connectivity index (χ1n) is 6.70. The summed E-state index contributed by atoms with van der Waals surface area (Å²) in [6.07, 6.45) is 2.63. The van der Waals surface area contributed by atoms with Crippen LogP contribution in [-0.4, -0.2) is 43.5 Å². The Kier molecular flexibility index (Phi) is 3.71. The first kappa shape index (κ1) is 14.1. The molecule has 2 unspecified atom stereocenters. The summed E-state index contributed by atoms with van der Waals surface area (Å²) in [7, 11) is 1.54. The van der Waals surface area contributed by atoms with E-state index in [1.165, 1.54) is 31.6 Å². The van der Waals surface area contributed by atoms with Crippen LogP contribution in [0.25, 0.3) is 11.2 Å². The van der Waals surface area contributed by atoms with Gasteiger partial charge in [-0.1, -0.05) is 18.7 Å². The number of carbonyl (C=O) groups is 1. The first-order valence-corrected chi connectivity index (χ1v) is 7.68. The van der Waals surface area contributed by atoms with Crippen LogP contribution in [0.1, 0.15) is 13.3 Å². The maximum Gasteiger partial charge on any atom is 0.313 e. The van der Waals surface area contributed by atoms with Crippen LogP contribution >= 0.6 is 11.8 Å². The maximum absolute atomic E-state index is 10.8. The third kappa shape index (κ3) is 2.80. The van der Waals surface area contributed by atoms with Crippen molar-refractivity contribution in [2.24, 2.45) is 11.8 Å². The minimum atomic E-state index is -0.864. The van der Waals surface area contributed by atoms with Gasteiger partial charge in [-0.05, 0) is 18.3 Å². The van der Waals surface area contributed by atoms with Gasteiger partial charge >= 0.3 is 5.97 Å². The molecule has 1 N–H and O–H groups in total. The van der Waals surface area contributed by atoms with Crippen LogP contribution in [0.15, 0.2) is 11.5 Å². The Labute approximate surface area is 125 Å². The van der Waals surface area contributed by atoms with Crippen molar-refractivity contribution in [1.82, 2.24) is 19.5 Å². The number of hydrogen-bond donors (Lipinski definition) is 1. The highest BCUT2D eigenvalue weighted by atomic mass is 32.2. The molecule has 21 heavy (non-hydrogen) atoms. The minimum absolute atomic E-state index is 0.0285. The molecule has 112 valence electrons. The number of hydrogen-bond acceptors (Lipinski definition) is 6. The molecule has 2 atom stereocenters. The molecule has 1 saturated carbocycles. The summed E-state index contributed by atoms with van der Waals surface area (Å²) in [4.78, 5) is 23.6. The number of thioether (sulfide) groups is 1. The largest absolute Gasteiger partial charge is 0.481 e. The molecule has 0 bridgehead atoms. The number of carboxylic acid groups (broad SMARTS) is 1. The number of imidazole rings is 1. The smallest absolute Gasteiger partial charge is 0.313 e. The van der Waals surface area contributed by atoms with E-state index in [0.29, 0.717) is 34.0 Å². The van der Waals surface area contributed by atoms with Crippen LogP contribution in [0.5, 0.6) is 5.88 Å². The zero-order chi connectivity index (χ0) is 15.0. The van der Waals surface area contributed by atoms with Gasteiger partial charge in [0.25, 0.3) is 0 Å². The predicted octanol–water partition coefficient (Wildman–Crippen LogP) is 1.67.